The summed E-state index contributed by atoms with van der Waals surface area (Å²) < 4.78 is 5.07. The Hall–Kier alpha value is -1.30. The van der Waals surface area contributed by atoms with Crippen LogP contribution in [-0.4, -0.2) is 48.7 Å². The van der Waals surface area contributed by atoms with E-state index in [0.717, 1.165) is 11.8 Å². The molecule has 2 aliphatic rings. The first-order valence-corrected chi connectivity index (χ1v) is 7.87. The van der Waals surface area contributed by atoms with Gasteiger partial charge in [0.1, 0.15) is 5.84 Å². The van der Waals surface area contributed by atoms with Crippen molar-refractivity contribution in [2.24, 2.45) is 28.6 Å². The largest absolute Gasteiger partial charge is 0.409 e. The van der Waals surface area contributed by atoms with Gasteiger partial charge in [0.2, 0.25) is 5.91 Å². The molecule has 2 aliphatic carbocycles. The molecule has 3 N–H and O–H groups in total. The van der Waals surface area contributed by atoms with Gasteiger partial charge in [0.25, 0.3) is 0 Å². The zero-order chi connectivity index (χ0) is 15.2. The summed E-state index contributed by atoms with van der Waals surface area (Å²) in [6.07, 6.45) is 6.22. The van der Waals surface area contributed by atoms with Crippen LogP contribution in [0.3, 0.4) is 0 Å². The third-order valence-corrected chi connectivity index (χ3v) is 5.01. The molecular formula is C15H27N3O3. The van der Waals surface area contributed by atoms with Gasteiger partial charge in [-0.1, -0.05) is 11.6 Å². The highest BCUT2D eigenvalue weighted by atomic mass is 16.5. The van der Waals surface area contributed by atoms with Gasteiger partial charge in [0.05, 0.1) is 6.61 Å². The van der Waals surface area contributed by atoms with E-state index in [1.54, 1.807) is 12.0 Å². The first kappa shape index (κ1) is 16.1. The van der Waals surface area contributed by atoms with Crippen LogP contribution in [0, 0.1) is 17.8 Å². The minimum Gasteiger partial charge on any atom is -0.409 e. The van der Waals surface area contributed by atoms with Gasteiger partial charge in [-0.2, -0.15) is 0 Å². The predicted octanol–water partition coefficient (Wildman–Crippen LogP) is 1.42. The second-order valence-electron chi connectivity index (χ2n) is 6.35. The van der Waals surface area contributed by atoms with Crippen molar-refractivity contribution >= 4 is 11.7 Å². The zero-order valence-electron chi connectivity index (χ0n) is 12.8. The predicted molar refractivity (Wildman–Crippen MR) is 80.0 cm³/mol. The Balaban J connectivity index is 1.84. The highest BCUT2D eigenvalue weighted by Gasteiger charge is 2.40. The van der Waals surface area contributed by atoms with E-state index in [0.29, 0.717) is 38.5 Å². The molecule has 1 amide bonds. The number of carbonyl (C=O) groups is 1. The van der Waals surface area contributed by atoms with Crippen LogP contribution in [0.1, 0.15) is 38.5 Å². The molecule has 3 unspecified atom stereocenters. The van der Waals surface area contributed by atoms with Gasteiger partial charge in [-0.05, 0) is 37.0 Å². The second kappa shape index (κ2) is 7.64. The molecule has 0 heterocycles. The fourth-order valence-corrected chi connectivity index (χ4v) is 3.84. The molecule has 0 aromatic rings. The Labute approximate surface area is 126 Å². The van der Waals surface area contributed by atoms with Crippen LogP contribution in [-0.2, 0) is 9.53 Å². The molecule has 2 fully saturated rings. The van der Waals surface area contributed by atoms with E-state index in [2.05, 4.69) is 5.16 Å². The van der Waals surface area contributed by atoms with Crippen molar-refractivity contribution in [3.05, 3.63) is 0 Å². The molecule has 0 aliphatic heterocycles. The summed E-state index contributed by atoms with van der Waals surface area (Å²) >= 11 is 0. The summed E-state index contributed by atoms with van der Waals surface area (Å²) in [4.78, 5) is 14.3. The minimum absolute atomic E-state index is 0.158. The molecular weight excluding hydrogens is 270 g/mol. The van der Waals surface area contributed by atoms with Crippen molar-refractivity contribution < 1.29 is 14.7 Å². The molecule has 0 saturated heterocycles. The number of amidine groups is 1. The molecule has 0 radical (unpaired) electrons. The topological polar surface area (TPSA) is 88.2 Å². The summed E-state index contributed by atoms with van der Waals surface area (Å²) in [6, 6.07) is 0. The van der Waals surface area contributed by atoms with Crippen LogP contribution < -0.4 is 5.73 Å². The van der Waals surface area contributed by atoms with Crippen molar-refractivity contribution in [3.8, 4) is 0 Å². The maximum atomic E-state index is 12.5. The summed E-state index contributed by atoms with van der Waals surface area (Å²) in [5.74, 6) is 2.51. The lowest BCUT2D eigenvalue weighted by molar-refractivity contribution is -0.133. The third-order valence-electron chi connectivity index (χ3n) is 5.01. The normalized spacial score (nSPS) is 28.0. The van der Waals surface area contributed by atoms with Crippen molar-refractivity contribution in [3.63, 3.8) is 0 Å². The highest BCUT2D eigenvalue weighted by molar-refractivity contribution is 5.81. The first-order chi connectivity index (χ1) is 10.1. The molecule has 120 valence electrons. The number of fused-ring (bicyclic) bond motifs is 2. The molecule has 21 heavy (non-hydrogen) atoms. The molecule has 0 spiro atoms. The Kier molecular flexibility index (Phi) is 5.85. The van der Waals surface area contributed by atoms with E-state index in [1.807, 2.05) is 0 Å². The van der Waals surface area contributed by atoms with Gasteiger partial charge in [-0.3, -0.25) is 4.79 Å². The van der Waals surface area contributed by atoms with Crippen molar-refractivity contribution in [2.45, 2.75) is 38.5 Å². The van der Waals surface area contributed by atoms with E-state index in [1.165, 1.54) is 25.7 Å². The maximum Gasteiger partial charge on any atom is 0.222 e. The highest BCUT2D eigenvalue weighted by Crippen LogP contribution is 2.49. The number of oxime groups is 1. The Morgan fingerprint density at radius 1 is 1.38 bits per heavy atom. The summed E-state index contributed by atoms with van der Waals surface area (Å²) in [7, 11) is 1.63. The van der Waals surface area contributed by atoms with Gasteiger partial charge in [0, 0.05) is 33.0 Å². The molecule has 2 saturated carbocycles. The van der Waals surface area contributed by atoms with Crippen LogP contribution in [0.25, 0.3) is 0 Å². The molecule has 6 heteroatoms. The van der Waals surface area contributed by atoms with Crippen molar-refractivity contribution in [1.29, 1.82) is 0 Å². The first-order valence-electron chi connectivity index (χ1n) is 7.87. The van der Waals surface area contributed by atoms with Crippen molar-refractivity contribution in [1.82, 2.24) is 4.90 Å². The smallest absolute Gasteiger partial charge is 0.222 e. The molecule has 2 bridgehead atoms. The average molecular weight is 297 g/mol. The van der Waals surface area contributed by atoms with Gasteiger partial charge in [0.15, 0.2) is 0 Å². The Morgan fingerprint density at radius 3 is 2.76 bits per heavy atom. The number of hydrogen-bond acceptors (Lipinski definition) is 4. The van der Waals surface area contributed by atoms with Gasteiger partial charge in [-0.15, -0.1) is 0 Å². The van der Waals surface area contributed by atoms with Crippen LogP contribution in [0.5, 0.6) is 0 Å². The number of hydrogen-bond donors (Lipinski definition) is 2. The lowest BCUT2D eigenvalue weighted by atomic mass is 9.86. The van der Waals surface area contributed by atoms with E-state index >= 15 is 0 Å². The number of nitrogens with zero attached hydrogens (tertiary/aromatic N) is 2. The minimum atomic E-state index is 0.158. The molecule has 0 aromatic heterocycles. The van der Waals surface area contributed by atoms with Crippen LogP contribution in [0.2, 0.25) is 0 Å². The number of methoxy groups -OCH3 is 1. The summed E-state index contributed by atoms with van der Waals surface area (Å²) in [5.41, 5.74) is 5.49. The number of ether oxygens (including phenoxy) is 1. The van der Waals surface area contributed by atoms with Crippen LogP contribution in [0.4, 0.5) is 0 Å². The number of rotatable bonds is 8. The number of carbonyl (C=O) groups excluding carboxylic acids is 1. The van der Waals surface area contributed by atoms with E-state index in [9.17, 15) is 4.79 Å². The molecule has 0 aromatic carbocycles. The van der Waals surface area contributed by atoms with Gasteiger partial charge >= 0.3 is 0 Å². The second-order valence-corrected chi connectivity index (χ2v) is 6.35. The summed E-state index contributed by atoms with van der Waals surface area (Å²) in [5, 5.41) is 11.6. The lowest BCUT2D eigenvalue weighted by Gasteiger charge is -2.27. The quantitative estimate of drug-likeness (QED) is 0.307. The van der Waals surface area contributed by atoms with E-state index < -0.39 is 0 Å². The Bertz CT molecular complexity index is 386. The van der Waals surface area contributed by atoms with Gasteiger partial charge < -0.3 is 20.6 Å². The van der Waals surface area contributed by atoms with Crippen LogP contribution in [0.15, 0.2) is 5.16 Å². The lowest BCUT2D eigenvalue weighted by Crippen LogP contribution is -2.37. The SMILES string of the molecule is COCCN(CCC(N)=NO)C(=O)CC1CC2CCC1C2. The molecule has 6 nitrogen and oxygen atoms in total. The van der Waals surface area contributed by atoms with E-state index in [-0.39, 0.29) is 11.7 Å². The standard InChI is InChI=1S/C15H27N3O3/c1-21-7-6-18(5-4-14(16)17-20)15(19)10-13-9-11-2-3-12(13)8-11/h11-13,20H,2-10H2,1H3,(H2,16,17). The zero-order valence-corrected chi connectivity index (χ0v) is 12.8. The third kappa shape index (κ3) is 4.33. The monoisotopic (exact) mass is 297 g/mol. The fourth-order valence-electron chi connectivity index (χ4n) is 3.84. The van der Waals surface area contributed by atoms with Crippen LogP contribution >= 0.6 is 0 Å². The summed E-state index contributed by atoms with van der Waals surface area (Å²) in [6.45, 7) is 1.56. The number of nitrogens with two attached hydrogens (primary N) is 1. The molecule has 3 atom stereocenters. The van der Waals surface area contributed by atoms with E-state index in [4.69, 9.17) is 15.7 Å². The molecule has 2 rings (SSSR count). The average Bonchev–Trinajstić information content (AvgIpc) is 3.09. The fraction of sp³-hybridized carbons (Fsp3) is 0.867. The Morgan fingerprint density at radius 2 is 2.19 bits per heavy atom. The van der Waals surface area contributed by atoms with Crippen molar-refractivity contribution in [2.75, 3.05) is 26.8 Å². The number of amides is 1. The maximum absolute atomic E-state index is 12.5. The van der Waals surface area contributed by atoms with Gasteiger partial charge in [-0.25, -0.2) is 0 Å².